The lowest BCUT2D eigenvalue weighted by Gasteiger charge is -2.09. The minimum absolute atomic E-state index is 0.288. The molecule has 1 heterocycles. The fourth-order valence-electron chi connectivity index (χ4n) is 1.46. The quantitative estimate of drug-likeness (QED) is 0.503. The first-order chi connectivity index (χ1) is 5.74. The maximum atomic E-state index is 10.9. The van der Waals surface area contributed by atoms with E-state index in [2.05, 4.69) is 16.6 Å². The molecule has 3 nitrogen and oxygen atoms in total. The molecule has 1 saturated heterocycles. The first-order valence-electron chi connectivity index (χ1n) is 4.23. The van der Waals surface area contributed by atoms with E-state index in [0.29, 0.717) is 18.0 Å². The third-order valence-electron chi connectivity index (χ3n) is 2.13. The lowest BCUT2D eigenvalue weighted by Crippen LogP contribution is -2.23. The number of esters is 1. The molecule has 0 aromatic carbocycles. The number of rotatable bonds is 3. The van der Waals surface area contributed by atoms with E-state index in [-0.39, 0.29) is 5.97 Å². The Morgan fingerprint density at radius 1 is 1.75 bits per heavy atom. The monoisotopic (exact) mass is 169 g/mol. The zero-order valence-corrected chi connectivity index (χ0v) is 7.43. The number of nitrogens with one attached hydrogen (secondary N) is 1. The molecule has 3 heteroatoms. The summed E-state index contributed by atoms with van der Waals surface area (Å²) in [5, 5.41) is 3.30. The van der Waals surface area contributed by atoms with Gasteiger partial charge in [-0.05, 0) is 25.8 Å². The van der Waals surface area contributed by atoms with Gasteiger partial charge >= 0.3 is 5.97 Å². The Hall–Kier alpha value is -0.830. The highest BCUT2D eigenvalue weighted by Gasteiger charge is 2.17. The number of methoxy groups -OCH3 is 1. The summed E-state index contributed by atoms with van der Waals surface area (Å²) >= 11 is 0. The normalized spacial score (nSPS) is 22.2. The molecule has 68 valence electrons. The largest absolute Gasteiger partial charge is 0.466 e. The van der Waals surface area contributed by atoms with Crippen molar-refractivity contribution in [2.24, 2.45) is 0 Å². The fourth-order valence-corrected chi connectivity index (χ4v) is 1.46. The summed E-state index contributed by atoms with van der Waals surface area (Å²) < 4.78 is 4.56. The SMILES string of the molecule is C=C(C[C@@H]1CCCN1)C(=O)OC. The van der Waals surface area contributed by atoms with Crippen molar-refractivity contribution in [1.82, 2.24) is 5.32 Å². The van der Waals surface area contributed by atoms with E-state index in [9.17, 15) is 4.79 Å². The van der Waals surface area contributed by atoms with E-state index in [1.54, 1.807) is 0 Å². The standard InChI is InChI=1S/C9H15NO2/c1-7(9(11)12-2)6-8-4-3-5-10-8/h8,10H,1,3-6H2,2H3/t8-/m0/s1. The molecule has 1 atom stereocenters. The summed E-state index contributed by atoms with van der Waals surface area (Å²) in [7, 11) is 1.38. The lowest BCUT2D eigenvalue weighted by atomic mass is 10.1. The Morgan fingerprint density at radius 3 is 3.00 bits per heavy atom. The molecule has 0 saturated carbocycles. The van der Waals surface area contributed by atoms with Gasteiger partial charge < -0.3 is 10.1 Å². The first kappa shape index (κ1) is 9.26. The van der Waals surface area contributed by atoms with Gasteiger partial charge in [-0.3, -0.25) is 0 Å². The summed E-state index contributed by atoms with van der Waals surface area (Å²) in [6.45, 7) is 4.73. The van der Waals surface area contributed by atoms with Gasteiger partial charge in [-0.2, -0.15) is 0 Å². The Balaban J connectivity index is 2.29. The third kappa shape index (κ3) is 2.34. The number of carbonyl (C=O) groups is 1. The van der Waals surface area contributed by atoms with Gasteiger partial charge in [-0.1, -0.05) is 6.58 Å². The average molecular weight is 169 g/mol. The van der Waals surface area contributed by atoms with Crippen molar-refractivity contribution in [2.45, 2.75) is 25.3 Å². The van der Waals surface area contributed by atoms with Gasteiger partial charge in [0, 0.05) is 11.6 Å². The van der Waals surface area contributed by atoms with Crippen LogP contribution < -0.4 is 5.32 Å². The predicted molar refractivity (Wildman–Crippen MR) is 46.8 cm³/mol. The molecule has 1 fully saturated rings. The minimum atomic E-state index is -0.288. The van der Waals surface area contributed by atoms with E-state index < -0.39 is 0 Å². The summed E-state index contributed by atoms with van der Waals surface area (Å²) in [5.74, 6) is -0.288. The zero-order chi connectivity index (χ0) is 8.97. The maximum absolute atomic E-state index is 10.9. The van der Waals surface area contributed by atoms with E-state index in [1.807, 2.05) is 0 Å². The highest BCUT2D eigenvalue weighted by molar-refractivity contribution is 5.87. The molecule has 0 bridgehead atoms. The van der Waals surface area contributed by atoms with Crippen LogP contribution >= 0.6 is 0 Å². The van der Waals surface area contributed by atoms with Gasteiger partial charge in [-0.15, -0.1) is 0 Å². The Bertz CT molecular complexity index is 183. The molecular weight excluding hydrogens is 154 g/mol. The summed E-state index contributed by atoms with van der Waals surface area (Å²) in [6.07, 6.45) is 3.04. The van der Waals surface area contributed by atoms with E-state index in [1.165, 1.54) is 13.5 Å². The number of hydrogen-bond acceptors (Lipinski definition) is 3. The van der Waals surface area contributed by atoms with Crippen LogP contribution in [-0.4, -0.2) is 25.7 Å². The summed E-state index contributed by atoms with van der Waals surface area (Å²) in [6, 6.07) is 0.427. The highest BCUT2D eigenvalue weighted by Crippen LogP contribution is 2.13. The van der Waals surface area contributed by atoms with E-state index in [0.717, 1.165) is 13.0 Å². The van der Waals surface area contributed by atoms with Crippen molar-refractivity contribution >= 4 is 5.97 Å². The molecule has 1 aliphatic rings. The van der Waals surface area contributed by atoms with E-state index >= 15 is 0 Å². The van der Waals surface area contributed by atoms with Crippen LogP contribution in [0, 0.1) is 0 Å². The third-order valence-corrected chi connectivity index (χ3v) is 2.13. The first-order valence-corrected chi connectivity index (χ1v) is 4.23. The number of ether oxygens (including phenoxy) is 1. The van der Waals surface area contributed by atoms with Crippen LogP contribution in [0.25, 0.3) is 0 Å². The average Bonchev–Trinajstić information content (AvgIpc) is 2.55. The molecular formula is C9H15NO2. The number of hydrogen-bond donors (Lipinski definition) is 1. The van der Waals surface area contributed by atoms with E-state index in [4.69, 9.17) is 0 Å². The van der Waals surface area contributed by atoms with Gasteiger partial charge in [0.1, 0.15) is 0 Å². The van der Waals surface area contributed by atoms with Gasteiger partial charge in [0.2, 0.25) is 0 Å². The van der Waals surface area contributed by atoms with Crippen LogP contribution in [0.15, 0.2) is 12.2 Å². The van der Waals surface area contributed by atoms with Crippen LogP contribution in [-0.2, 0) is 9.53 Å². The van der Waals surface area contributed by atoms with Gasteiger partial charge in [0.05, 0.1) is 7.11 Å². The number of carbonyl (C=O) groups excluding carboxylic acids is 1. The van der Waals surface area contributed by atoms with Crippen LogP contribution in [0.2, 0.25) is 0 Å². The van der Waals surface area contributed by atoms with Crippen LogP contribution in [0.3, 0.4) is 0 Å². The second kappa shape index (κ2) is 4.26. The van der Waals surface area contributed by atoms with Crippen molar-refractivity contribution in [3.8, 4) is 0 Å². The smallest absolute Gasteiger partial charge is 0.333 e. The molecule has 1 aliphatic heterocycles. The van der Waals surface area contributed by atoms with Crippen molar-refractivity contribution in [3.63, 3.8) is 0 Å². The molecule has 0 unspecified atom stereocenters. The molecule has 0 amide bonds. The molecule has 0 spiro atoms. The molecule has 1 N–H and O–H groups in total. The van der Waals surface area contributed by atoms with Crippen LogP contribution in [0.4, 0.5) is 0 Å². The Labute approximate surface area is 72.8 Å². The maximum Gasteiger partial charge on any atom is 0.333 e. The lowest BCUT2D eigenvalue weighted by molar-refractivity contribution is -0.136. The highest BCUT2D eigenvalue weighted by atomic mass is 16.5. The van der Waals surface area contributed by atoms with Gasteiger partial charge in [0.15, 0.2) is 0 Å². The minimum Gasteiger partial charge on any atom is -0.466 e. The summed E-state index contributed by atoms with van der Waals surface area (Å²) in [4.78, 5) is 10.9. The second-order valence-electron chi connectivity index (χ2n) is 3.09. The van der Waals surface area contributed by atoms with Crippen molar-refractivity contribution in [3.05, 3.63) is 12.2 Å². The van der Waals surface area contributed by atoms with Crippen LogP contribution in [0.5, 0.6) is 0 Å². The molecule has 0 aliphatic carbocycles. The molecule has 1 rings (SSSR count). The topological polar surface area (TPSA) is 38.3 Å². The zero-order valence-electron chi connectivity index (χ0n) is 7.43. The van der Waals surface area contributed by atoms with Crippen molar-refractivity contribution in [1.29, 1.82) is 0 Å². The van der Waals surface area contributed by atoms with Crippen molar-refractivity contribution in [2.75, 3.05) is 13.7 Å². The fraction of sp³-hybridized carbons (Fsp3) is 0.667. The van der Waals surface area contributed by atoms with Crippen molar-refractivity contribution < 1.29 is 9.53 Å². The molecule has 0 aromatic heterocycles. The second-order valence-corrected chi connectivity index (χ2v) is 3.09. The van der Waals surface area contributed by atoms with Gasteiger partial charge in [-0.25, -0.2) is 4.79 Å². The summed E-state index contributed by atoms with van der Waals surface area (Å²) in [5.41, 5.74) is 0.567. The molecule has 0 radical (unpaired) electrons. The Morgan fingerprint density at radius 2 is 2.50 bits per heavy atom. The van der Waals surface area contributed by atoms with Crippen LogP contribution in [0.1, 0.15) is 19.3 Å². The van der Waals surface area contributed by atoms with Gasteiger partial charge in [0.25, 0.3) is 0 Å². The predicted octanol–water partition coefficient (Wildman–Crippen LogP) is 0.858. The molecule has 0 aromatic rings. The molecule has 12 heavy (non-hydrogen) atoms. The Kier molecular flexibility index (Phi) is 3.29.